The van der Waals surface area contributed by atoms with Crippen LogP contribution >= 0.6 is 0 Å². The Morgan fingerprint density at radius 1 is 1.12 bits per heavy atom. The second kappa shape index (κ2) is 11.3. The van der Waals surface area contributed by atoms with Gasteiger partial charge in [-0.2, -0.15) is 0 Å². The number of carboxylic acids is 1. The highest BCUT2D eigenvalue weighted by Gasteiger charge is 2.71. The summed E-state index contributed by atoms with van der Waals surface area (Å²) in [6.07, 6.45) is 8.84. The smallest absolute Gasteiger partial charge is 0.335 e. The Hall–Kier alpha value is -2.82. The van der Waals surface area contributed by atoms with E-state index >= 15 is 0 Å². The number of nitrogens with zero attached hydrogens (tertiary/aromatic N) is 3. The summed E-state index contributed by atoms with van der Waals surface area (Å²) < 4.78 is 7.66. The van der Waals surface area contributed by atoms with Gasteiger partial charge in [0.25, 0.3) is 0 Å². The molecular formula is C33H48N4O6. The number of aliphatic carboxylic acids is 1. The third-order valence-electron chi connectivity index (χ3n) is 11.9. The maximum Gasteiger partial charge on any atom is 0.335 e. The molecule has 0 saturated heterocycles. The van der Waals surface area contributed by atoms with Crippen LogP contribution in [0.25, 0.3) is 0 Å². The van der Waals surface area contributed by atoms with E-state index in [1.54, 1.807) is 16.8 Å². The summed E-state index contributed by atoms with van der Waals surface area (Å²) >= 11 is 0. The van der Waals surface area contributed by atoms with Crippen LogP contribution in [0.3, 0.4) is 0 Å². The van der Waals surface area contributed by atoms with E-state index in [1.165, 1.54) is 6.92 Å². The number of nitrogens with two attached hydrogens (primary N) is 1. The maximum atomic E-state index is 12.7. The number of carbonyl (C=O) groups excluding carboxylic acids is 1. The van der Waals surface area contributed by atoms with E-state index in [2.05, 4.69) is 31.1 Å². The summed E-state index contributed by atoms with van der Waals surface area (Å²) in [5.74, 6) is -1.85. The van der Waals surface area contributed by atoms with Gasteiger partial charge in [0.05, 0.1) is 35.7 Å². The number of aliphatic hydroxyl groups excluding tert-OH is 2. The molecule has 5 N–H and O–H groups in total. The van der Waals surface area contributed by atoms with E-state index in [1.807, 2.05) is 26.1 Å². The first-order chi connectivity index (χ1) is 20.2. The second-order valence-corrected chi connectivity index (χ2v) is 14.4. The van der Waals surface area contributed by atoms with E-state index in [-0.39, 0.29) is 46.7 Å². The molecule has 1 aromatic heterocycles. The normalized spacial score (nSPS) is 41.7. The molecule has 1 heterocycles. The van der Waals surface area contributed by atoms with Crippen molar-refractivity contribution < 1.29 is 29.6 Å². The van der Waals surface area contributed by atoms with Crippen molar-refractivity contribution >= 4 is 11.9 Å². The van der Waals surface area contributed by atoms with Gasteiger partial charge in [-0.05, 0) is 98.0 Å². The van der Waals surface area contributed by atoms with Gasteiger partial charge in [-0.15, -0.1) is 5.10 Å². The molecule has 0 aromatic carbocycles. The first-order valence-electron chi connectivity index (χ1n) is 15.6. The van der Waals surface area contributed by atoms with E-state index in [0.29, 0.717) is 30.5 Å². The molecule has 0 spiro atoms. The number of carboxylic acid groups (broad SMARTS) is 1. The van der Waals surface area contributed by atoms with Gasteiger partial charge in [0.1, 0.15) is 6.10 Å². The molecule has 4 aliphatic carbocycles. The van der Waals surface area contributed by atoms with Crippen LogP contribution in [-0.2, 0) is 20.9 Å². The third kappa shape index (κ3) is 4.99. The quantitative estimate of drug-likeness (QED) is 0.215. The van der Waals surface area contributed by atoms with Crippen LogP contribution in [0.5, 0.6) is 0 Å². The number of rotatable bonds is 6. The number of esters is 1. The Labute approximate surface area is 254 Å². The first-order valence-corrected chi connectivity index (χ1v) is 15.6. The molecule has 0 amide bonds. The predicted octanol–water partition coefficient (Wildman–Crippen LogP) is 4.10. The predicted molar refractivity (Wildman–Crippen MR) is 160 cm³/mol. The molecule has 4 aliphatic rings. The average Bonchev–Trinajstić information content (AvgIpc) is 3.49. The minimum absolute atomic E-state index is 0.0544. The van der Waals surface area contributed by atoms with Crippen LogP contribution in [0.15, 0.2) is 41.1 Å². The van der Waals surface area contributed by atoms with Gasteiger partial charge in [-0.3, -0.25) is 4.79 Å². The van der Waals surface area contributed by atoms with Gasteiger partial charge >= 0.3 is 11.9 Å². The maximum absolute atomic E-state index is 12.7. The molecule has 4 unspecified atom stereocenters. The van der Waals surface area contributed by atoms with Gasteiger partial charge < -0.3 is 25.8 Å². The lowest BCUT2D eigenvalue weighted by Gasteiger charge is -2.68. The summed E-state index contributed by atoms with van der Waals surface area (Å²) in [5, 5.41) is 42.3. The molecule has 10 heteroatoms. The fourth-order valence-electron chi connectivity index (χ4n) is 10.0. The second-order valence-electron chi connectivity index (χ2n) is 14.4. The van der Waals surface area contributed by atoms with Crippen LogP contribution in [-0.4, -0.2) is 60.6 Å². The number of aromatic nitrogens is 3. The van der Waals surface area contributed by atoms with Gasteiger partial charge in [0.15, 0.2) is 0 Å². The third-order valence-corrected chi connectivity index (χ3v) is 11.9. The van der Waals surface area contributed by atoms with Crippen molar-refractivity contribution in [2.24, 2.45) is 39.7 Å². The van der Waals surface area contributed by atoms with E-state index in [0.717, 1.165) is 24.8 Å². The summed E-state index contributed by atoms with van der Waals surface area (Å²) in [6.45, 7) is 12.2. The number of hydrogen-bond donors (Lipinski definition) is 4. The molecule has 4 saturated carbocycles. The van der Waals surface area contributed by atoms with Crippen molar-refractivity contribution in [3.63, 3.8) is 0 Å². The zero-order chi connectivity index (χ0) is 31.5. The largest absolute Gasteiger partial charge is 0.478 e. The van der Waals surface area contributed by atoms with Crippen LogP contribution in [0.1, 0.15) is 91.8 Å². The highest BCUT2D eigenvalue weighted by Crippen LogP contribution is 2.74. The minimum atomic E-state index is -1.07. The van der Waals surface area contributed by atoms with E-state index in [4.69, 9.17) is 10.5 Å². The van der Waals surface area contributed by atoms with E-state index < -0.39 is 35.7 Å². The Bertz CT molecular complexity index is 1360. The van der Waals surface area contributed by atoms with E-state index in [9.17, 15) is 24.9 Å². The molecule has 4 fully saturated rings. The lowest BCUT2D eigenvalue weighted by atomic mass is 9.37. The monoisotopic (exact) mass is 596 g/mol. The number of allylic oxidation sites excluding steroid dienone is 3. The summed E-state index contributed by atoms with van der Waals surface area (Å²) in [5.41, 5.74) is 7.12. The van der Waals surface area contributed by atoms with Gasteiger partial charge in [-0.25, -0.2) is 9.48 Å². The van der Waals surface area contributed by atoms with Crippen molar-refractivity contribution in [2.45, 2.75) is 111 Å². The SMILES string of the molecule is CC(=O)OC1CC2(C)[C@@H](C[C@@H](O)[C@H]3C4(C)CC[C@@H](O)[C@H](n5cc(CN)nn5)[C@@H]4CCC32C)/C1=C(\C=C/C=C(C)C)C(=O)O. The Morgan fingerprint density at radius 2 is 1.84 bits per heavy atom. The average molecular weight is 597 g/mol. The van der Waals surface area contributed by atoms with Crippen molar-refractivity contribution in [2.75, 3.05) is 0 Å². The zero-order valence-electron chi connectivity index (χ0n) is 26.3. The molecule has 0 aliphatic heterocycles. The molecule has 0 radical (unpaired) electrons. The molecule has 43 heavy (non-hydrogen) atoms. The fraction of sp³-hybridized carbons (Fsp3) is 0.697. The highest BCUT2D eigenvalue weighted by molar-refractivity contribution is 5.91. The van der Waals surface area contributed by atoms with Crippen LogP contribution < -0.4 is 5.73 Å². The van der Waals surface area contributed by atoms with Crippen molar-refractivity contribution in [3.8, 4) is 0 Å². The Morgan fingerprint density at radius 3 is 2.44 bits per heavy atom. The number of carbonyl (C=O) groups is 2. The lowest BCUT2D eigenvalue weighted by Crippen LogP contribution is -2.66. The topological polar surface area (TPSA) is 161 Å². The Balaban J connectivity index is 1.61. The van der Waals surface area contributed by atoms with Gasteiger partial charge in [0.2, 0.25) is 0 Å². The van der Waals surface area contributed by atoms with Crippen molar-refractivity contribution in [3.05, 3.63) is 46.8 Å². The molecule has 1 aromatic rings. The molecular weight excluding hydrogens is 548 g/mol. The van der Waals surface area contributed by atoms with Crippen molar-refractivity contribution in [1.29, 1.82) is 0 Å². The number of fused-ring (bicyclic) bond motifs is 5. The summed E-state index contributed by atoms with van der Waals surface area (Å²) in [6, 6.07) is -0.277. The number of ether oxygens (including phenoxy) is 1. The molecule has 236 valence electrons. The van der Waals surface area contributed by atoms with Gasteiger partial charge in [-0.1, -0.05) is 43.7 Å². The number of aliphatic hydroxyl groups is 2. The first kappa shape index (κ1) is 31.6. The molecule has 10 nitrogen and oxygen atoms in total. The molecule has 5 rings (SSSR count). The standard InChI is InChI=1S/C33H48N4O6/c1-18(2)8-7-9-21(30(41)42)27-23-14-25(40)29-31(4)12-11-24(39)28(37-17-20(16-34)35-36-37)22(31)10-13-32(29,5)33(23,6)15-26(27)43-19(3)38/h7-9,17,22-26,28-29,39-40H,10-16,34H2,1-6H3,(H,41,42)/b9-7-,27-21-/t22-,23-,24+,25+,26?,28+,29-,31?,32?,33?/m0/s1. The summed E-state index contributed by atoms with van der Waals surface area (Å²) in [4.78, 5) is 25.0. The zero-order valence-corrected chi connectivity index (χ0v) is 26.3. The van der Waals surface area contributed by atoms with Crippen LogP contribution in [0.4, 0.5) is 0 Å². The molecule has 0 bridgehead atoms. The van der Waals surface area contributed by atoms with Crippen LogP contribution in [0.2, 0.25) is 0 Å². The fourth-order valence-corrected chi connectivity index (χ4v) is 10.0. The minimum Gasteiger partial charge on any atom is -0.478 e. The molecule has 10 atom stereocenters. The van der Waals surface area contributed by atoms with Crippen LogP contribution in [0, 0.1) is 34.0 Å². The highest BCUT2D eigenvalue weighted by atomic mass is 16.5. The lowest BCUT2D eigenvalue weighted by molar-refractivity contribution is -0.234. The van der Waals surface area contributed by atoms with Gasteiger partial charge in [0, 0.05) is 13.5 Å². The number of hydrogen-bond acceptors (Lipinski definition) is 8. The summed E-state index contributed by atoms with van der Waals surface area (Å²) in [7, 11) is 0. The Kier molecular flexibility index (Phi) is 8.28. The van der Waals surface area contributed by atoms with Crippen molar-refractivity contribution in [1.82, 2.24) is 15.0 Å².